The van der Waals surface area contributed by atoms with E-state index in [9.17, 15) is 4.79 Å². The van der Waals surface area contributed by atoms with E-state index in [2.05, 4.69) is 5.32 Å². The summed E-state index contributed by atoms with van der Waals surface area (Å²) in [4.78, 5) is 12.9. The summed E-state index contributed by atoms with van der Waals surface area (Å²) in [6.45, 7) is 0.534. The second kappa shape index (κ2) is 5.75. The predicted molar refractivity (Wildman–Crippen MR) is 67.4 cm³/mol. The fourth-order valence-electron chi connectivity index (χ4n) is 1.30. The van der Waals surface area contributed by atoms with Gasteiger partial charge in [-0.2, -0.15) is 5.26 Å². The highest BCUT2D eigenvalue weighted by Gasteiger charge is 2.04. The number of nitriles is 1. The Hall–Kier alpha value is -2.22. The largest absolute Gasteiger partial charge is 0.398 e. The Bertz CT molecular complexity index is 448. The van der Waals surface area contributed by atoms with Gasteiger partial charge in [-0.05, 0) is 18.2 Å². The maximum atomic E-state index is 11.3. The molecular weight excluding hydrogens is 216 g/mol. The van der Waals surface area contributed by atoms with E-state index in [1.54, 1.807) is 37.2 Å². The molecule has 1 aromatic carbocycles. The second-order valence-corrected chi connectivity index (χ2v) is 3.88. The number of nitrogen functional groups attached to an aromatic ring is 1. The van der Waals surface area contributed by atoms with Crippen LogP contribution < -0.4 is 11.1 Å². The van der Waals surface area contributed by atoms with E-state index in [-0.39, 0.29) is 5.91 Å². The molecule has 0 bridgehead atoms. The van der Waals surface area contributed by atoms with Crippen molar-refractivity contribution in [1.82, 2.24) is 4.90 Å². The first-order valence-corrected chi connectivity index (χ1v) is 5.28. The highest BCUT2D eigenvalue weighted by molar-refractivity contribution is 5.76. The van der Waals surface area contributed by atoms with E-state index in [1.165, 1.54) is 0 Å². The van der Waals surface area contributed by atoms with Gasteiger partial charge in [0.2, 0.25) is 5.91 Å². The summed E-state index contributed by atoms with van der Waals surface area (Å²) < 4.78 is 0. The van der Waals surface area contributed by atoms with Gasteiger partial charge in [-0.25, -0.2) is 0 Å². The number of nitrogens with zero attached hydrogens (tertiary/aromatic N) is 2. The molecule has 0 heterocycles. The lowest BCUT2D eigenvalue weighted by atomic mass is 10.2. The summed E-state index contributed by atoms with van der Waals surface area (Å²) in [6, 6.07) is 7.15. The van der Waals surface area contributed by atoms with Crippen LogP contribution in [0.1, 0.15) is 12.0 Å². The molecule has 0 aromatic heterocycles. The van der Waals surface area contributed by atoms with Crippen LogP contribution in [0.4, 0.5) is 11.4 Å². The molecular formula is C12H16N4O. The Morgan fingerprint density at radius 1 is 1.53 bits per heavy atom. The van der Waals surface area contributed by atoms with Crippen LogP contribution in [0.15, 0.2) is 18.2 Å². The van der Waals surface area contributed by atoms with Crippen molar-refractivity contribution in [1.29, 1.82) is 5.26 Å². The summed E-state index contributed by atoms with van der Waals surface area (Å²) in [7, 11) is 3.44. The van der Waals surface area contributed by atoms with Crippen LogP contribution in [-0.2, 0) is 4.79 Å². The first-order chi connectivity index (χ1) is 8.04. The molecule has 0 spiro atoms. The van der Waals surface area contributed by atoms with E-state index in [0.717, 1.165) is 5.69 Å². The molecule has 0 fully saturated rings. The van der Waals surface area contributed by atoms with Crippen molar-refractivity contribution < 1.29 is 4.79 Å². The van der Waals surface area contributed by atoms with Crippen LogP contribution >= 0.6 is 0 Å². The maximum absolute atomic E-state index is 11.3. The number of nitrogens with one attached hydrogen (secondary N) is 1. The minimum absolute atomic E-state index is 0.0634. The summed E-state index contributed by atoms with van der Waals surface area (Å²) >= 11 is 0. The zero-order valence-electron chi connectivity index (χ0n) is 10.0. The first-order valence-electron chi connectivity index (χ1n) is 5.28. The van der Waals surface area contributed by atoms with Crippen molar-refractivity contribution in [3.05, 3.63) is 23.8 Å². The van der Waals surface area contributed by atoms with Crippen LogP contribution in [0.5, 0.6) is 0 Å². The smallest absolute Gasteiger partial charge is 0.223 e. The molecule has 1 amide bonds. The van der Waals surface area contributed by atoms with Crippen molar-refractivity contribution in [2.45, 2.75) is 6.42 Å². The summed E-state index contributed by atoms with van der Waals surface area (Å²) in [6.07, 6.45) is 0.416. The van der Waals surface area contributed by atoms with Crippen LogP contribution in [0, 0.1) is 11.3 Å². The zero-order valence-corrected chi connectivity index (χ0v) is 10.0. The van der Waals surface area contributed by atoms with Gasteiger partial charge in [0.15, 0.2) is 0 Å². The van der Waals surface area contributed by atoms with Gasteiger partial charge in [-0.15, -0.1) is 0 Å². The van der Waals surface area contributed by atoms with Crippen LogP contribution in [0.3, 0.4) is 0 Å². The van der Waals surface area contributed by atoms with E-state index < -0.39 is 0 Å². The zero-order chi connectivity index (χ0) is 12.8. The van der Waals surface area contributed by atoms with Crippen LogP contribution in [0.25, 0.3) is 0 Å². The highest BCUT2D eigenvalue weighted by Crippen LogP contribution is 2.16. The molecule has 0 aliphatic carbocycles. The molecule has 0 atom stereocenters. The second-order valence-electron chi connectivity index (χ2n) is 3.88. The summed E-state index contributed by atoms with van der Waals surface area (Å²) in [5, 5.41) is 11.9. The highest BCUT2D eigenvalue weighted by atomic mass is 16.2. The monoisotopic (exact) mass is 232 g/mol. The number of benzene rings is 1. The molecule has 5 nitrogen and oxygen atoms in total. The summed E-state index contributed by atoms with van der Waals surface area (Å²) in [5.74, 6) is 0.0634. The van der Waals surface area contributed by atoms with Crippen LogP contribution in [-0.4, -0.2) is 31.4 Å². The van der Waals surface area contributed by atoms with E-state index >= 15 is 0 Å². The molecule has 0 saturated carbocycles. The number of anilines is 2. The number of carbonyl (C=O) groups excluding carboxylic acids is 1. The molecule has 0 unspecified atom stereocenters. The Labute approximate surface area is 101 Å². The van der Waals surface area contributed by atoms with E-state index in [0.29, 0.717) is 24.2 Å². The topological polar surface area (TPSA) is 82.2 Å². The molecule has 17 heavy (non-hydrogen) atoms. The quantitative estimate of drug-likeness (QED) is 0.760. The number of hydrogen-bond acceptors (Lipinski definition) is 4. The number of nitrogens with two attached hydrogens (primary N) is 1. The lowest BCUT2D eigenvalue weighted by Crippen LogP contribution is -2.23. The Morgan fingerprint density at radius 3 is 2.82 bits per heavy atom. The van der Waals surface area contributed by atoms with E-state index in [1.807, 2.05) is 6.07 Å². The SMILES string of the molecule is CN(C)C(=O)CCNc1ccc(N)c(C#N)c1. The third-order valence-electron chi connectivity index (χ3n) is 2.34. The Morgan fingerprint density at radius 2 is 2.24 bits per heavy atom. The standard InChI is InChI=1S/C12H16N4O/c1-16(2)12(17)5-6-15-10-3-4-11(14)9(7-10)8-13/h3-4,7,15H,5-6,14H2,1-2H3. The predicted octanol–water partition coefficient (Wildman–Crippen LogP) is 1.03. The lowest BCUT2D eigenvalue weighted by molar-refractivity contribution is -0.128. The molecule has 1 aromatic rings. The average Bonchev–Trinajstić information content (AvgIpc) is 2.31. The molecule has 90 valence electrons. The van der Waals surface area contributed by atoms with Gasteiger partial charge in [-0.3, -0.25) is 4.79 Å². The Kier molecular flexibility index (Phi) is 4.35. The number of amides is 1. The van der Waals surface area contributed by atoms with E-state index in [4.69, 9.17) is 11.0 Å². The summed E-state index contributed by atoms with van der Waals surface area (Å²) in [5.41, 5.74) is 7.30. The maximum Gasteiger partial charge on any atom is 0.223 e. The Balaban J connectivity index is 2.53. The van der Waals surface area contributed by atoms with Crippen molar-refractivity contribution in [2.75, 3.05) is 31.7 Å². The van der Waals surface area contributed by atoms with Crippen molar-refractivity contribution in [3.8, 4) is 6.07 Å². The molecule has 3 N–H and O–H groups in total. The number of rotatable bonds is 4. The van der Waals surface area contributed by atoms with Crippen molar-refractivity contribution >= 4 is 17.3 Å². The average molecular weight is 232 g/mol. The third kappa shape index (κ3) is 3.68. The van der Waals surface area contributed by atoms with Crippen molar-refractivity contribution in [3.63, 3.8) is 0 Å². The minimum atomic E-state index is 0.0634. The fourth-order valence-corrected chi connectivity index (χ4v) is 1.30. The van der Waals surface area contributed by atoms with Gasteiger partial charge in [0.25, 0.3) is 0 Å². The molecule has 0 aliphatic heterocycles. The number of hydrogen-bond donors (Lipinski definition) is 2. The van der Waals surface area contributed by atoms with Crippen LogP contribution in [0.2, 0.25) is 0 Å². The normalized spacial score (nSPS) is 9.47. The molecule has 1 rings (SSSR count). The fraction of sp³-hybridized carbons (Fsp3) is 0.333. The number of carbonyl (C=O) groups is 1. The van der Waals surface area contributed by atoms with Crippen molar-refractivity contribution in [2.24, 2.45) is 0 Å². The minimum Gasteiger partial charge on any atom is -0.398 e. The lowest BCUT2D eigenvalue weighted by Gasteiger charge is -2.11. The molecule has 0 saturated heterocycles. The van der Waals surface area contributed by atoms with Gasteiger partial charge in [0, 0.05) is 38.4 Å². The van der Waals surface area contributed by atoms with Gasteiger partial charge < -0.3 is 16.0 Å². The van der Waals surface area contributed by atoms with Gasteiger partial charge in [-0.1, -0.05) is 0 Å². The molecule has 0 radical (unpaired) electrons. The third-order valence-corrected chi connectivity index (χ3v) is 2.34. The van der Waals surface area contributed by atoms with Gasteiger partial charge in [0.1, 0.15) is 6.07 Å². The van der Waals surface area contributed by atoms with Gasteiger partial charge >= 0.3 is 0 Å². The first kappa shape index (κ1) is 12.8. The van der Waals surface area contributed by atoms with Gasteiger partial charge in [0.05, 0.1) is 5.56 Å². The molecule has 5 heteroatoms. The molecule has 0 aliphatic rings.